The molecule has 0 radical (unpaired) electrons. The minimum atomic E-state index is 0.659. The van der Waals surface area contributed by atoms with E-state index in [9.17, 15) is 0 Å². The van der Waals surface area contributed by atoms with Gasteiger partial charge in [-0.15, -0.1) is 5.10 Å². The molecule has 0 spiro atoms. The molecular weight excluding hydrogens is 176 g/mol. The van der Waals surface area contributed by atoms with Crippen LogP contribution in [0.25, 0.3) is 0 Å². The third kappa shape index (κ3) is 2.00. The fourth-order valence-electron chi connectivity index (χ4n) is 1.44. The van der Waals surface area contributed by atoms with Gasteiger partial charge in [-0.25, -0.2) is 4.98 Å². The first-order chi connectivity index (χ1) is 6.66. The summed E-state index contributed by atoms with van der Waals surface area (Å²) in [5.74, 6) is 2.33. The molecule has 1 aromatic rings. The lowest BCUT2D eigenvalue weighted by Crippen LogP contribution is -2.10. The van der Waals surface area contributed by atoms with Gasteiger partial charge in [-0.1, -0.05) is 6.92 Å². The predicted octanol–water partition coefficient (Wildman–Crippen LogP) is 1.56. The summed E-state index contributed by atoms with van der Waals surface area (Å²) in [5, 5.41) is 11.2. The zero-order valence-electron chi connectivity index (χ0n) is 8.91. The predicted molar refractivity (Wildman–Crippen MR) is 55.1 cm³/mol. The van der Waals surface area contributed by atoms with Gasteiger partial charge in [0.1, 0.15) is 0 Å². The summed E-state index contributed by atoms with van der Waals surface area (Å²) in [6.07, 6.45) is 1.32. The largest absolute Gasteiger partial charge is 0.353 e. The number of aromatic nitrogens is 3. The Morgan fingerprint density at radius 2 is 2.00 bits per heavy atom. The van der Waals surface area contributed by atoms with Crippen molar-refractivity contribution >= 4 is 5.95 Å². The van der Waals surface area contributed by atoms with Crippen molar-refractivity contribution in [2.75, 3.05) is 11.9 Å². The van der Waals surface area contributed by atoms with Crippen LogP contribution in [0.15, 0.2) is 0 Å². The molecule has 0 aliphatic heterocycles. The Kier molecular flexibility index (Phi) is 2.35. The van der Waals surface area contributed by atoms with E-state index in [4.69, 9.17) is 0 Å². The van der Waals surface area contributed by atoms with Gasteiger partial charge in [-0.05, 0) is 32.1 Å². The van der Waals surface area contributed by atoms with Crippen LogP contribution in [0.2, 0.25) is 0 Å². The van der Waals surface area contributed by atoms with E-state index in [1.165, 1.54) is 6.42 Å². The molecule has 4 heteroatoms. The van der Waals surface area contributed by atoms with Crippen molar-refractivity contribution in [3.05, 3.63) is 11.4 Å². The first-order valence-corrected chi connectivity index (χ1v) is 5.08. The molecular formula is C10H16N4. The number of anilines is 1. The summed E-state index contributed by atoms with van der Waals surface area (Å²) in [6.45, 7) is 7.12. The Balaban J connectivity index is 1.92. The van der Waals surface area contributed by atoms with E-state index in [-0.39, 0.29) is 0 Å². The number of rotatable bonds is 3. The molecule has 76 valence electrons. The SMILES string of the molecule is Cc1nnc(NCC2CC2C)nc1C. The first-order valence-electron chi connectivity index (χ1n) is 5.08. The zero-order valence-corrected chi connectivity index (χ0v) is 8.91. The molecule has 2 atom stereocenters. The number of hydrogen-bond acceptors (Lipinski definition) is 4. The lowest BCUT2D eigenvalue weighted by Gasteiger charge is -2.04. The second kappa shape index (κ2) is 3.52. The fraction of sp³-hybridized carbons (Fsp3) is 0.700. The minimum absolute atomic E-state index is 0.659. The Labute approximate surface area is 84.2 Å². The van der Waals surface area contributed by atoms with Crippen molar-refractivity contribution in [3.63, 3.8) is 0 Å². The van der Waals surface area contributed by atoms with Gasteiger partial charge in [0.25, 0.3) is 0 Å². The van der Waals surface area contributed by atoms with Gasteiger partial charge in [0.2, 0.25) is 5.95 Å². The average Bonchev–Trinajstić information content (AvgIpc) is 2.85. The summed E-state index contributed by atoms with van der Waals surface area (Å²) in [6, 6.07) is 0. The molecule has 0 aromatic carbocycles. The molecule has 1 fully saturated rings. The van der Waals surface area contributed by atoms with Crippen molar-refractivity contribution in [2.45, 2.75) is 27.2 Å². The van der Waals surface area contributed by atoms with Crippen LogP contribution < -0.4 is 5.32 Å². The molecule has 1 heterocycles. The first kappa shape index (κ1) is 9.37. The van der Waals surface area contributed by atoms with Crippen LogP contribution in [0.5, 0.6) is 0 Å². The molecule has 14 heavy (non-hydrogen) atoms. The number of aryl methyl sites for hydroxylation is 2. The molecule has 1 aromatic heterocycles. The van der Waals surface area contributed by atoms with Crippen LogP contribution in [0.1, 0.15) is 24.7 Å². The van der Waals surface area contributed by atoms with E-state index < -0.39 is 0 Å². The minimum Gasteiger partial charge on any atom is -0.353 e. The highest BCUT2D eigenvalue weighted by molar-refractivity contribution is 5.25. The third-order valence-electron chi connectivity index (χ3n) is 2.89. The molecule has 1 aliphatic rings. The number of nitrogens with one attached hydrogen (secondary N) is 1. The molecule has 0 amide bonds. The third-order valence-corrected chi connectivity index (χ3v) is 2.89. The number of nitrogens with zero attached hydrogens (tertiary/aromatic N) is 3. The molecule has 1 aliphatic carbocycles. The van der Waals surface area contributed by atoms with Crippen LogP contribution in [0.4, 0.5) is 5.95 Å². The highest BCUT2D eigenvalue weighted by Gasteiger charge is 2.32. The molecule has 0 bridgehead atoms. The Hall–Kier alpha value is -1.19. The van der Waals surface area contributed by atoms with E-state index in [1.807, 2.05) is 13.8 Å². The monoisotopic (exact) mass is 192 g/mol. The molecule has 1 saturated carbocycles. The van der Waals surface area contributed by atoms with Crippen molar-refractivity contribution in [3.8, 4) is 0 Å². The summed E-state index contributed by atoms with van der Waals surface area (Å²) >= 11 is 0. The molecule has 0 saturated heterocycles. The molecule has 2 rings (SSSR count). The van der Waals surface area contributed by atoms with Gasteiger partial charge in [0.05, 0.1) is 11.4 Å². The van der Waals surface area contributed by atoms with E-state index in [0.717, 1.165) is 29.8 Å². The number of hydrogen-bond donors (Lipinski definition) is 1. The molecule has 4 nitrogen and oxygen atoms in total. The van der Waals surface area contributed by atoms with Gasteiger partial charge in [0, 0.05) is 6.54 Å². The van der Waals surface area contributed by atoms with E-state index in [1.54, 1.807) is 0 Å². The Morgan fingerprint density at radius 3 is 2.57 bits per heavy atom. The molecule has 1 N–H and O–H groups in total. The van der Waals surface area contributed by atoms with Crippen molar-refractivity contribution in [2.24, 2.45) is 11.8 Å². The standard InChI is InChI=1S/C10H16N4/c1-6-4-9(6)5-11-10-12-7(2)8(3)13-14-10/h6,9H,4-5H2,1-3H3,(H,11,12,14). The van der Waals surface area contributed by atoms with Gasteiger partial charge in [-0.3, -0.25) is 0 Å². The van der Waals surface area contributed by atoms with Crippen molar-refractivity contribution in [1.82, 2.24) is 15.2 Å². The maximum atomic E-state index is 4.31. The summed E-state index contributed by atoms with van der Waals surface area (Å²) < 4.78 is 0. The van der Waals surface area contributed by atoms with Crippen LogP contribution >= 0.6 is 0 Å². The average molecular weight is 192 g/mol. The van der Waals surface area contributed by atoms with Crippen LogP contribution in [0, 0.1) is 25.7 Å². The van der Waals surface area contributed by atoms with Crippen LogP contribution in [-0.2, 0) is 0 Å². The van der Waals surface area contributed by atoms with Gasteiger partial charge in [0.15, 0.2) is 0 Å². The normalized spacial score (nSPS) is 24.8. The highest BCUT2D eigenvalue weighted by Crippen LogP contribution is 2.37. The Bertz CT molecular complexity index is 337. The second-order valence-corrected chi connectivity index (χ2v) is 4.16. The van der Waals surface area contributed by atoms with Crippen molar-refractivity contribution in [1.29, 1.82) is 0 Å². The summed E-state index contributed by atoms with van der Waals surface area (Å²) in [7, 11) is 0. The van der Waals surface area contributed by atoms with Gasteiger partial charge < -0.3 is 5.32 Å². The lowest BCUT2D eigenvalue weighted by molar-refractivity contribution is 0.772. The van der Waals surface area contributed by atoms with Crippen molar-refractivity contribution < 1.29 is 0 Å². The topological polar surface area (TPSA) is 50.7 Å². The van der Waals surface area contributed by atoms with E-state index in [2.05, 4.69) is 27.4 Å². The Morgan fingerprint density at radius 1 is 1.29 bits per heavy atom. The fourth-order valence-corrected chi connectivity index (χ4v) is 1.44. The van der Waals surface area contributed by atoms with Crippen LogP contribution in [0.3, 0.4) is 0 Å². The summed E-state index contributed by atoms with van der Waals surface area (Å²) in [4.78, 5) is 4.31. The van der Waals surface area contributed by atoms with Crippen LogP contribution in [-0.4, -0.2) is 21.7 Å². The van der Waals surface area contributed by atoms with E-state index >= 15 is 0 Å². The zero-order chi connectivity index (χ0) is 10.1. The highest BCUT2D eigenvalue weighted by atomic mass is 15.2. The maximum Gasteiger partial charge on any atom is 0.242 e. The maximum absolute atomic E-state index is 4.31. The smallest absolute Gasteiger partial charge is 0.242 e. The van der Waals surface area contributed by atoms with E-state index in [0.29, 0.717) is 5.95 Å². The van der Waals surface area contributed by atoms with Gasteiger partial charge in [-0.2, -0.15) is 5.10 Å². The molecule has 2 unspecified atom stereocenters. The quantitative estimate of drug-likeness (QED) is 0.789. The summed E-state index contributed by atoms with van der Waals surface area (Å²) in [5.41, 5.74) is 1.85. The second-order valence-electron chi connectivity index (χ2n) is 4.16. The lowest BCUT2D eigenvalue weighted by atomic mass is 10.3. The van der Waals surface area contributed by atoms with Gasteiger partial charge >= 0.3 is 0 Å².